The Morgan fingerprint density at radius 1 is 1.13 bits per heavy atom. The molecule has 2 aliphatic rings. The topological polar surface area (TPSA) is 29.3 Å². The highest BCUT2D eigenvalue weighted by Crippen LogP contribution is 2.27. The Morgan fingerprint density at radius 3 is 2.47 bits per heavy atom. The lowest BCUT2D eigenvalue weighted by Crippen LogP contribution is -2.44. The normalized spacial score (nSPS) is 32.0. The summed E-state index contributed by atoms with van der Waals surface area (Å²) in [5.74, 6) is 0.812. The van der Waals surface area contributed by atoms with E-state index in [0.29, 0.717) is 6.04 Å². The average Bonchev–Trinajstić information content (AvgIpc) is 2.66. The third kappa shape index (κ3) is 2.94. The van der Waals surface area contributed by atoms with Crippen molar-refractivity contribution in [3.8, 4) is 0 Å². The highest BCUT2D eigenvalue weighted by atomic mass is 15.2. The SMILES string of the molecule is CC1CCCN1CC(N)C1CCCCC1. The second-order valence-electron chi connectivity index (χ2n) is 5.55. The van der Waals surface area contributed by atoms with Gasteiger partial charge >= 0.3 is 0 Å². The molecule has 15 heavy (non-hydrogen) atoms. The molecule has 1 saturated carbocycles. The molecule has 0 aromatic heterocycles. The predicted octanol–water partition coefficient (Wildman–Crippen LogP) is 2.38. The van der Waals surface area contributed by atoms with Crippen molar-refractivity contribution < 1.29 is 0 Å². The van der Waals surface area contributed by atoms with Gasteiger partial charge in [-0.15, -0.1) is 0 Å². The van der Waals surface area contributed by atoms with Crippen LogP contribution in [0.2, 0.25) is 0 Å². The summed E-state index contributed by atoms with van der Waals surface area (Å²) in [5.41, 5.74) is 6.35. The van der Waals surface area contributed by atoms with Gasteiger partial charge in [-0.25, -0.2) is 0 Å². The maximum atomic E-state index is 6.35. The largest absolute Gasteiger partial charge is 0.326 e. The number of hydrogen-bond donors (Lipinski definition) is 1. The Labute approximate surface area is 94.2 Å². The minimum atomic E-state index is 0.436. The molecule has 0 bridgehead atoms. The summed E-state index contributed by atoms with van der Waals surface area (Å²) in [6.45, 7) is 4.77. The molecule has 0 radical (unpaired) electrons. The smallest absolute Gasteiger partial charge is 0.0196 e. The van der Waals surface area contributed by atoms with E-state index in [1.165, 1.54) is 51.5 Å². The van der Waals surface area contributed by atoms with Crippen LogP contribution in [0.25, 0.3) is 0 Å². The molecule has 2 N–H and O–H groups in total. The fraction of sp³-hybridized carbons (Fsp3) is 1.00. The second kappa shape index (κ2) is 5.31. The lowest BCUT2D eigenvalue weighted by molar-refractivity contribution is 0.202. The molecule has 2 heteroatoms. The third-order valence-corrected chi connectivity index (χ3v) is 4.39. The quantitative estimate of drug-likeness (QED) is 0.775. The van der Waals surface area contributed by atoms with Crippen LogP contribution in [0.1, 0.15) is 51.9 Å². The molecule has 2 nitrogen and oxygen atoms in total. The van der Waals surface area contributed by atoms with E-state index in [-0.39, 0.29) is 0 Å². The molecule has 0 aromatic carbocycles. The first kappa shape index (κ1) is 11.4. The molecule has 88 valence electrons. The number of rotatable bonds is 3. The van der Waals surface area contributed by atoms with Crippen molar-refractivity contribution in [3.05, 3.63) is 0 Å². The number of nitrogens with two attached hydrogens (primary N) is 1. The zero-order valence-electron chi connectivity index (χ0n) is 10.1. The van der Waals surface area contributed by atoms with Gasteiger partial charge in [0.05, 0.1) is 0 Å². The van der Waals surface area contributed by atoms with Gasteiger partial charge in [0.15, 0.2) is 0 Å². The Bertz CT molecular complexity index is 187. The maximum absolute atomic E-state index is 6.35. The number of likely N-dealkylation sites (tertiary alicyclic amines) is 1. The maximum Gasteiger partial charge on any atom is 0.0196 e. The van der Waals surface area contributed by atoms with Crippen LogP contribution >= 0.6 is 0 Å². The molecular weight excluding hydrogens is 184 g/mol. The van der Waals surface area contributed by atoms with E-state index in [0.717, 1.165) is 18.5 Å². The van der Waals surface area contributed by atoms with Crippen molar-refractivity contribution >= 4 is 0 Å². The summed E-state index contributed by atoms with van der Waals surface area (Å²) >= 11 is 0. The molecule has 2 rings (SSSR count). The standard InChI is InChI=1S/C13H26N2/c1-11-6-5-9-15(11)10-13(14)12-7-3-2-4-8-12/h11-13H,2-10,14H2,1H3. The second-order valence-corrected chi connectivity index (χ2v) is 5.55. The van der Waals surface area contributed by atoms with E-state index in [1.807, 2.05) is 0 Å². The summed E-state index contributed by atoms with van der Waals surface area (Å²) in [4.78, 5) is 2.60. The summed E-state index contributed by atoms with van der Waals surface area (Å²) in [5, 5.41) is 0. The Kier molecular flexibility index (Phi) is 4.04. The molecule has 1 aliphatic carbocycles. The molecule has 2 fully saturated rings. The van der Waals surface area contributed by atoms with Gasteiger partial charge in [-0.1, -0.05) is 19.3 Å². The molecule has 1 aliphatic heterocycles. The lowest BCUT2D eigenvalue weighted by atomic mass is 9.84. The molecule has 0 amide bonds. The number of hydrogen-bond acceptors (Lipinski definition) is 2. The van der Waals surface area contributed by atoms with E-state index in [1.54, 1.807) is 0 Å². The molecular formula is C13H26N2. The monoisotopic (exact) mass is 210 g/mol. The Morgan fingerprint density at radius 2 is 1.87 bits per heavy atom. The predicted molar refractivity (Wildman–Crippen MR) is 64.8 cm³/mol. The van der Waals surface area contributed by atoms with Gasteiger partial charge in [0.25, 0.3) is 0 Å². The minimum Gasteiger partial charge on any atom is -0.326 e. The van der Waals surface area contributed by atoms with Crippen molar-refractivity contribution in [1.82, 2.24) is 4.90 Å². The summed E-state index contributed by atoms with van der Waals surface area (Å²) in [6, 6.07) is 1.21. The number of nitrogens with zero attached hydrogens (tertiary/aromatic N) is 1. The first-order valence-corrected chi connectivity index (χ1v) is 6.77. The van der Waals surface area contributed by atoms with Gasteiger partial charge in [-0.2, -0.15) is 0 Å². The summed E-state index contributed by atoms with van der Waals surface area (Å²) < 4.78 is 0. The van der Waals surface area contributed by atoms with Crippen LogP contribution in [0.3, 0.4) is 0 Å². The highest BCUT2D eigenvalue weighted by Gasteiger charge is 2.26. The van der Waals surface area contributed by atoms with Crippen molar-refractivity contribution in [2.24, 2.45) is 11.7 Å². The van der Waals surface area contributed by atoms with Crippen LogP contribution < -0.4 is 5.73 Å². The third-order valence-electron chi connectivity index (χ3n) is 4.39. The van der Waals surface area contributed by atoms with Gasteiger partial charge in [0.1, 0.15) is 0 Å². The molecule has 1 saturated heterocycles. The molecule has 0 aromatic rings. The minimum absolute atomic E-state index is 0.436. The zero-order valence-corrected chi connectivity index (χ0v) is 10.1. The van der Waals surface area contributed by atoms with Gasteiger partial charge < -0.3 is 5.73 Å². The van der Waals surface area contributed by atoms with Crippen LogP contribution in [-0.2, 0) is 0 Å². The fourth-order valence-electron chi connectivity index (χ4n) is 3.25. The van der Waals surface area contributed by atoms with E-state index >= 15 is 0 Å². The van der Waals surface area contributed by atoms with E-state index < -0.39 is 0 Å². The van der Waals surface area contributed by atoms with Crippen LogP contribution in [-0.4, -0.2) is 30.1 Å². The molecule has 2 unspecified atom stereocenters. The summed E-state index contributed by atoms with van der Waals surface area (Å²) in [7, 11) is 0. The van der Waals surface area contributed by atoms with E-state index in [4.69, 9.17) is 5.73 Å². The highest BCUT2D eigenvalue weighted by molar-refractivity contribution is 4.83. The van der Waals surface area contributed by atoms with Crippen LogP contribution in [0.4, 0.5) is 0 Å². The van der Waals surface area contributed by atoms with Gasteiger partial charge in [0.2, 0.25) is 0 Å². The molecule has 0 spiro atoms. The van der Waals surface area contributed by atoms with E-state index in [2.05, 4.69) is 11.8 Å². The van der Waals surface area contributed by atoms with Crippen molar-refractivity contribution in [3.63, 3.8) is 0 Å². The van der Waals surface area contributed by atoms with Gasteiger partial charge in [-0.05, 0) is 45.1 Å². The van der Waals surface area contributed by atoms with Crippen LogP contribution in [0.5, 0.6) is 0 Å². The Hall–Kier alpha value is -0.0800. The van der Waals surface area contributed by atoms with Crippen molar-refractivity contribution in [2.75, 3.05) is 13.1 Å². The van der Waals surface area contributed by atoms with Crippen LogP contribution in [0.15, 0.2) is 0 Å². The lowest BCUT2D eigenvalue weighted by Gasteiger charge is -2.32. The van der Waals surface area contributed by atoms with Crippen molar-refractivity contribution in [2.45, 2.75) is 64.0 Å². The molecule has 2 atom stereocenters. The van der Waals surface area contributed by atoms with Gasteiger partial charge in [-0.3, -0.25) is 4.90 Å². The van der Waals surface area contributed by atoms with Gasteiger partial charge in [0, 0.05) is 18.6 Å². The Balaban J connectivity index is 1.77. The van der Waals surface area contributed by atoms with E-state index in [9.17, 15) is 0 Å². The molecule has 1 heterocycles. The first-order valence-electron chi connectivity index (χ1n) is 6.77. The zero-order chi connectivity index (χ0) is 10.7. The van der Waals surface area contributed by atoms with Crippen LogP contribution in [0, 0.1) is 5.92 Å². The van der Waals surface area contributed by atoms with Crippen molar-refractivity contribution in [1.29, 1.82) is 0 Å². The average molecular weight is 210 g/mol. The summed E-state index contributed by atoms with van der Waals surface area (Å²) in [6.07, 6.45) is 9.76. The fourth-order valence-corrected chi connectivity index (χ4v) is 3.25. The first-order chi connectivity index (χ1) is 7.27.